The Morgan fingerprint density at radius 3 is 2.72 bits per heavy atom. The summed E-state index contributed by atoms with van der Waals surface area (Å²) in [7, 11) is 1.78. The lowest BCUT2D eigenvalue weighted by Crippen LogP contribution is -2.48. The van der Waals surface area contributed by atoms with E-state index in [2.05, 4.69) is 44.1 Å². The molecule has 170 valence electrons. The van der Waals surface area contributed by atoms with Crippen molar-refractivity contribution in [3.05, 3.63) is 71.2 Å². The molecule has 0 bridgehead atoms. The highest BCUT2D eigenvalue weighted by Gasteiger charge is 2.20. The molecule has 32 heavy (non-hydrogen) atoms. The molecule has 1 aliphatic rings. The van der Waals surface area contributed by atoms with E-state index >= 15 is 0 Å². The van der Waals surface area contributed by atoms with E-state index in [9.17, 15) is 8.78 Å². The van der Waals surface area contributed by atoms with Gasteiger partial charge in [0, 0.05) is 58.1 Å². The fourth-order valence-electron chi connectivity index (χ4n) is 4.15. The Bertz CT molecular complexity index is 1090. The molecule has 1 aliphatic heterocycles. The monoisotopic (exact) mass is 440 g/mol. The Balaban J connectivity index is 1.21. The van der Waals surface area contributed by atoms with Gasteiger partial charge in [-0.3, -0.25) is 9.89 Å². The highest BCUT2D eigenvalue weighted by Crippen LogP contribution is 2.16. The Morgan fingerprint density at radius 2 is 2.00 bits per heavy atom. The lowest BCUT2D eigenvalue weighted by atomic mass is 10.0. The van der Waals surface area contributed by atoms with Crippen LogP contribution in [0.15, 0.2) is 47.7 Å². The number of benzene rings is 1. The van der Waals surface area contributed by atoms with Gasteiger partial charge >= 0.3 is 0 Å². The number of likely N-dealkylation sites (tertiary alicyclic amines) is 1. The third kappa shape index (κ3) is 5.43. The van der Waals surface area contributed by atoms with Crippen molar-refractivity contribution < 1.29 is 8.78 Å². The number of hydrogen-bond donors (Lipinski definition) is 2. The molecule has 1 saturated heterocycles. The van der Waals surface area contributed by atoms with Crippen LogP contribution in [0.3, 0.4) is 0 Å². The summed E-state index contributed by atoms with van der Waals surface area (Å²) >= 11 is 0. The maximum Gasteiger partial charge on any atom is 0.191 e. The van der Waals surface area contributed by atoms with Crippen molar-refractivity contribution in [3.8, 4) is 0 Å². The summed E-state index contributed by atoms with van der Waals surface area (Å²) in [5.41, 5.74) is 4.02. The van der Waals surface area contributed by atoms with E-state index in [1.807, 2.05) is 12.3 Å². The minimum atomic E-state index is -0.799. The molecule has 0 amide bonds. The summed E-state index contributed by atoms with van der Waals surface area (Å²) in [5, 5.41) is 6.89. The van der Waals surface area contributed by atoms with Crippen LogP contribution in [0.1, 0.15) is 29.7 Å². The molecule has 2 N–H and O–H groups in total. The molecule has 0 aliphatic carbocycles. The van der Waals surface area contributed by atoms with Gasteiger partial charge in [-0.05, 0) is 49.1 Å². The third-order valence-electron chi connectivity index (χ3n) is 5.94. The molecule has 0 saturated carbocycles. The van der Waals surface area contributed by atoms with Gasteiger partial charge in [0.05, 0.1) is 5.69 Å². The zero-order valence-electron chi connectivity index (χ0n) is 18.6. The van der Waals surface area contributed by atoms with Gasteiger partial charge in [0.25, 0.3) is 0 Å². The molecule has 0 atom stereocenters. The van der Waals surface area contributed by atoms with Crippen LogP contribution in [0.5, 0.6) is 0 Å². The number of piperidine rings is 1. The van der Waals surface area contributed by atoms with Gasteiger partial charge in [-0.15, -0.1) is 0 Å². The number of nitrogens with one attached hydrogen (secondary N) is 2. The molecule has 6 nitrogen and oxygen atoms in total. The average molecular weight is 441 g/mol. The van der Waals surface area contributed by atoms with Crippen LogP contribution < -0.4 is 10.6 Å². The van der Waals surface area contributed by atoms with E-state index in [0.29, 0.717) is 12.6 Å². The maximum atomic E-state index is 13.4. The number of imidazole rings is 1. The second-order valence-corrected chi connectivity index (χ2v) is 8.35. The number of aromatic nitrogens is 2. The zero-order chi connectivity index (χ0) is 22.5. The third-order valence-corrected chi connectivity index (χ3v) is 5.94. The minimum Gasteiger partial charge on any atom is -0.356 e. The van der Waals surface area contributed by atoms with Crippen LogP contribution in [0.2, 0.25) is 0 Å². The second-order valence-electron chi connectivity index (χ2n) is 8.35. The number of nitrogens with zero attached hydrogens (tertiary/aromatic N) is 4. The predicted molar refractivity (Wildman–Crippen MR) is 123 cm³/mol. The molecule has 3 heterocycles. The number of rotatable bonds is 6. The summed E-state index contributed by atoms with van der Waals surface area (Å²) in [6.07, 6.45) is 6.84. The first kappa shape index (κ1) is 22.2. The largest absolute Gasteiger partial charge is 0.356 e. The molecular formula is C24H30F2N6. The van der Waals surface area contributed by atoms with E-state index in [0.717, 1.165) is 61.8 Å². The normalized spacial score (nSPS) is 15.9. The summed E-state index contributed by atoms with van der Waals surface area (Å²) < 4.78 is 28.6. The molecule has 0 radical (unpaired) electrons. The highest BCUT2D eigenvalue weighted by atomic mass is 19.2. The topological polar surface area (TPSA) is 57.0 Å². The Labute approximate surface area is 187 Å². The van der Waals surface area contributed by atoms with Crippen LogP contribution in [-0.4, -0.2) is 53.0 Å². The molecule has 0 spiro atoms. The molecule has 1 aromatic carbocycles. The Kier molecular flexibility index (Phi) is 6.99. The number of pyridine rings is 1. The smallest absolute Gasteiger partial charge is 0.191 e. The summed E-state index contributed by atoms with van der Waals surface area (Å²) in [6.45, 7) is 5.24. The van der Waals surface area contributed by atoms with Crippen LogP contribution in [-0.2, 0) is 13.0 Å². The van der Waals surface area contributed by atoms with Crippen molar-refractivity contribution in [2.45, 2.75) is 38.8 Å². The van der Waals surface area contributed by atoms with Crippen LogP contribution in [0.25, 0.3) is 5.65 Å². The first-order valence-corrected chi connectivity index (χ1v) is 11.1. The van der Waals surface area contributed by atoms with Crippen molar-refractivity contribution >= 4 is 11.6 Å². The first-order chi connectivity index (χ1) is 15.5. The number of aryl methyl sites for hydroxylation is 1. The maximum absolute atomic E-state index is 13.4. The van der Waals surface area contributed by atoms with Crippen molar-refractivity contribution in [1.82, 2.24) is 24.9 Å². The minimum absolute atomic E-state index is 0.334. The fraction of sp³-hybridized carbons (Fsp3) is 0.417. The molecule has 0 unspecified atom stereocenters. The fourth-order valence-corrected chi connectivity index (χ4v) is 4.15. The van der Waals surface area contributed by atoms with Gasteiger partial charge in [-0.2, -0.15) is 0 Å². The van der Waals surface area contributed by atoms with Gasteiger partial charge in [0.15, 0.2) is 17.6 Å². The summed E-state index contributed by atoms with van der Waals surface area (Å²) in [6, 6.07) is 8.57. The standard InChI is InChI=1S/C24H30F2N6/c1-17-4-3-11-32-16-20(29-23(17)32)7-10-28-24(27-2)30-19-8-12-31(13-9-19)15-18-5-6-21(25)22(26)14-18/h3-6,11,14,16,19H,7-10,12-13,15H2,1-2H3,(H2,27,28,30). The van der Waals surface area contributed by atoms with E-state index in [4.69, 9.17) is 4.98 Å². The van der Waals surface area contributed by atoms with E-state index < -0.39 is 11.6 Å². The Morgan fingerprint density at radius 1 is 1.19 bits per heavy atom. The average Bonchev–Trinajstić information content (AvgIpc) is 3.21. The zero-order valence-corrected chi connectivity index (χ0v) is 18.6. The van der Waals surface area contributed by atoms with Crippen LogP contribution in [0, 0.1) is 18.6 Å². The summed E-state index contributed by atoms with van der Waals surface area (Å²) in [4.78, 5) is 11.3. The number of halogens is 2. The van der Waals surface area contributed by atoms with Gasteiger partial charge < -0.3 is 15.0 Å². The van der Waals surface area contributed by atoms with E-state index in [-0.39, 0.29) is 0 Å². The molecule has 8 heteroatoms. The number of hydrogen-bond acceptors (Lipinski definition) is 3. The SMILES string of the molecule is CN=C(NCCc1cn2cccc(C)c2n1)NC1CCN(Cc2ccc(F)c(F)c2)CC1. The highest BCUT2D eigenvalue weighted by molar-refractivity contribution is 5.79. The van der Waals surface area contributed by atoms with Gasteiger partial charge in [-0.1, -0.05) is 12.1 Å². The molecule has 4 rings (SSSR count). The van der Waals surface area contributed by atoms with Crippen molar-refractivity contribution in [2.75, 3.05) is 26.7 Å². The van der Waals surface area contributed by atoms with E-state index in [1.54, 1.807) is 13.1 Å². The number of guanidine groups is 1. The summed E-state index contributed by atoms with van der Waals surface area (Å²) in [5.74, 6) is -0.788. The number of aliphatic imine (C=N–C) groups is 1. The van der Waals surface area contributed by atoms with Gasteiger partial charge in [0.1, 0.15) is 5.65 Å². The lowest BCUT2D eigenvalue weighted by Gasteiger charge is -2.33. The Hall–Kier alpha value is -3.00. The second kappa shape index (κ2) is 10.1. The molecular weight excluding hydrogens is 410 g/mol. The van der Waals surface area contributed by atoms with Crippen LogP contribution >= 0.6 is 0 Å². The van der Waals surface area contributed by atoms with Crippen molar-refractivity contribution in [2.24, 2.45) is 4.99 Å². The van der Waals surface area contributed by atoms with Crippen molar-refractivity contribution in [1.29, 1.82) is 0 Å². The molecule has 1 fully saturated rings. The molecule has 2 aromatic heterocycles. The van der Waals surface area contributed by atoms with Gasteiger partial charge in [-0.25, -0.2) is 13.8 Å². The van der Waals surface area contributed by atoms with Crippen LogP contribution in [0.4, 0.5) is 8.78 Å². The lowest BCUT2D eigenvalue weighted by molar-refractivity contribution is 0.198. The number of fused-ring (bicyclic) bond motifs is 1. The van der Waals surface area contributed by atoms with Gasteiger partial charge in [0.2, 0.25) is 0 Å². The quantitative estimate of drug-likeness (QED) is 0.456. The predicted octanol–water partition coefficient (Wildman–Crippen LogP) is 3.29. The van der Waals surface area contributed by atoms with E-state index in [1.165, 1.54) is 17.7 Å². The molecule has 3 aromatic rings. The van der Waals surface area contributed by atoms with Crippen molar-refractivity contribution in [3.63, 3.8) is 0 Å². The first-order valence-electron chi connectivity index (χ1n) is 11.1.